The van der Waals surface area contributed by atoms with Crippen molar-refractivity contribution in [2.75, 3.05) is 6.61 Å². The second-order valence-corrected chi connectivity index (χ2v) is 6.61. The Morgan fingerprint density at radius 2 is 2.29 bits per heavy atom. The molecule has 112 valence electrons. The molecule has 2 aromatic rings. The number of carbonyl (C=O) groups excluding carboxylic acids is 1. The normalized spacial score (nSPS) is 12.1. The van der Waals surface area contributed by atoms with Gasteiger partial charge in [-0.1, -0.05) is 23.7 Å². The van der Waals surface area contributed by atoms with Crippen molar-refractivity contribution in [3.05, 3.63) is 55.6 Å². The number of esters is 1. The lowest BCUT2D eigenvalue weighted by atomic mass is 10.1. The summed E-state index contributed by atoms with van der Waals surface area (Å²) in [6.07, 6.45) is 0. The molecule has 1 aromatic carbocycles. The van der Waals surface area contributed by atoms with Crippen molar-refractivity contribution in [1.82, 2.24) is 5.32 Å². The van der Waals surface area contributed by atoms with Gasteiger partial charge < -0.3 is 4.74 Å². The number of rotatable bonds is 6. The second-order valence-electron chi connectivity index (χ2n) is 4.32. The van der Waals surface area contributed by atoms with Crippen molar-refractivity contribution >= 4 is 44.8 Å². The van der Waals surface area contributed by atoms with Crippen molar-refractivity contribution in [1.29, 1.82) is 0 Å². The van der Waals surface area contributed by atoms with Gasteiger partial charge in [-0.25, -0.2) is 4.79 Å². The topological polar surface area (TPSA) is 38.3 Å². The van der Waals surface area contributed by atoms with Crippen LogP contribution >= 0.6 is 38.9 Å². The summed E-state index contributed by atoms with van der Waals surface area (Å²) < 4.78 is 5.95. The van der Waals surface area contributed by atoms with Crippen molar-refractivity contribution in [3.8, 4) is 0 Å². The first kappa shape index (κ1) is 16.5. The van der Waals surface area contributed by atoms with E-state index in [2.05, 4.69) is 21.2 Å². The zero-order valence-corrected chi connectivity index (χ0v) is 14.6. The molecule has 0 fully saturated rings. The molecule has 1 N–H and O–H groups in total. The van der Waals surface area contributed by atoms with Gasteiger partial charge in [0.05, 0.1) is 11.6 Å². The van der Waals surface area contributed by atoms with Crippen LogP contribution in [-0.4, -0.2) is 12.6 Å². The first-order chi connectivity index (χ1) is 10.1. The monoisotopic (exact) mass is 387 g/mol. The summed E-state index contributed by atoms with van der Waals surface area (Å²) in [6.45, 7) is 2.75. The fraction of sp³-hybridized carbons (Fsp3) is 0.267. The molecule has 2 rings (SSSR count). The molecule has 21 heavy (non-hydrogen) atoms. The number of thiophene rings is 1. The fourth-order valence-electron chi connectivity index (χ4n) is 1.87. The van der Waals surface area contributed by atoms with Crippen LogP contribution in [0.3, 0.4) is 0 Å². The summed E-state index contributed by atoms with van der Waals surface area (Å²) in [5.74, 6) is -0.299. The maximum atomic E-state index is 12.2. The molecule has 0 aliphatic rings. The molecule has 0 amide bonds. The third kappa shape index (κ3) is 4.54. The van der Waals surface area contributed by atoms with E-state index in [1.54, 1.807) is 24.3 Å². The van der Waals surface area contributed by atoms with Gasteiger partial charge in [0, 0.05) is 15.9 Å². The van der Waals surface area contributed by atoms with Crippen molar-refractivity contribution < 1.29 is 9.53 Å². The zero-order valence-electron chi connectivity index (χ0n) is 11.4. The van der Waals surface area contributed by atoms with E-state index in [1.807, 2.05) is 29.6 Å². The van der Waals surface area contributed by atoms with E-state index < -0.39 is 6.04 Å². The molecule has 6 heteroatoms. The summed E-state index contributed by atoms with van der Waals surface area (Å²) in [5, 5.41) is 5.81. The lowest BCUT2D eigenvalue weighted by molar-refractivity contribution is -0.145. The van der Waals surface area contributed by atoms with E-state index in [4.69, 9.17) is 16.3 Å². The Morgan fingerprint density at radius 1 is 1.48 bits per heavy atom. The van der Waals surface area contributed by atoms with Gasteiger partial charge in [0.2, 0.25) is 0 Å². The van der Waals surface area contributed by atoms with Gasteiger partial charge in [-0.05, 0) is 52.0 Å². The van der Waals surface area contributed by atoms with Gasteiger partial charge in [-0.3, -0.25) is 5.32 Å². The second kappa shape index (κ2) is 7.94. The fourth-order valence-corrected chi connectivity index (χ4v) is 2.96. The van der Waals surface area contributed by atoms with Crippen LogP contribution in [0, 0.1) is 0 Å². The zero-order chi connectivity index (χ0) is 15.2. The van der Waals surface area contributed by atoms with Gasteiger partial charge in [0.1, 0.15) is 6.04 Å². The maximum Gasteiger partial charge on any atom is 0.327 e. The molecule has 0 bridgehead atoms. The minimum Gasteiger partial charge on any atom is -0.465 e. The molecule has 0 saturated heterocycles. The largest absolute Gasteiger partial charge is 0.465 e. The Hall–Kier alpha value is -0.880. The van der Waals surface area contributed by atoms with E-state index in [9.17, 15) is 4.79 Å². The first-order valence-corrected chi connectivity index (χ1v) is 8.54. The van der Waals surface area contributed by atoms with Gasteiger partial charge in [0.15, 0.2) is 0 Å². The quantitative estimate of drug-likeness (QED) is 0.737. The molecule has 0 aliphatic carbocycles. The highest BCUT2D eigenvalue weighted by atomic mass is 79.9. The van der Waals surface area contributed by atoms with E-state index >= 15 is 0 Å². The number of benzene rings is 1. The number of hydrogen-bond acceptors (Lipinski definition) is 4. The third-order valence-electron chi connectivity index (χ3n) is 2.86. The summed E-state index contributed by atoms with van der Waals surface area (Å²) in [5.41, 5.74) is 0.790. The van der Waals surface area contributed by atoms with Crippen LogP contribution in [0.1, 0.15) is 23.4 Å². The Morgan fingerprint density at radius 3 is 2.90 bits per heavy atom. The highest BCUT2D eigenvalue weighted by Crippen LogP contribution is 2.27. The molecular formula is C15H15BrClNO2S. The summed E-state index contributed by atoms with van der Waals surface area (Å²) >= 11 is 11.1. The molecule has 1 atom stereocenters. The van der Waals surface area contributed by atoms with Gasteiger partial charge in [0.25, 0.3) is 0 Å². The van der Waals surface area contributed by atoms with Crippen LogP contribution in [-0.2, 0) is 16.1 Å². The predicted octanol–water partition coefficient (Wildman–Crippen LogP) is 4.56. The smallest absolute Gasteiger partial charge is 0.327 e. The van der Waals surface area contributed by atoms with E-state index in [-0.39, 0.29) is 5.97 Å². The van der Waals surface area contributed by atoms with Crippen LogP contribution in [0.5, 0.6) is 0 Å². The molecule has 0 radical (unpaired) electrons. The molecule has 1 unspecified atom stereocenters. The number of ether oxygens (including phenoxy) is 1. The standard InChI is InChI=1S/C15H15BrClNO2S/c1-2-20-15(19)14(18-9-11-4-3-7-21-11)10-5-6-12(16)13(17)8-10/h3-8,14,18H,2,9H2,1H3. The SMILES string of the molecule is CCOC(=O)C(NCc1cccs1)c1ccc(Br)c(Cl)c1. The van der Waals surface area contributed by atoms with E-state index in [1.165, 1.54) is 0 Å². The Labute approximate surface area is 141 Å². The van der Waals surface area contributed by atoms with Crippen LogP contribution in [0.15, 0.2) is 40.2 Å². The molecule has 0 spiro atoms. The average Bonchev–Trinajstić information content (AvgIpc) is 2.96. The Bertz CT molecular complexity index is 604. The highest BCUT2D eigenvalue weighted by Gasteiger charge is 2.22. The van der Waals surface area contributed by atoms with Gasteiger partial charge in [-0.2, -0.15) is 0 Å². The van der Waals surface area contributed by atoms with Crippen molar-refractivity contribution in [2.24, 2.45) is 0 Å². The predicted molar refractivity (Wildman–Crippen MR) is 89.7 cm³/mol. The van der Waals surface area contributed by atoms with Crippen molar-refractivity contribution in [2.45, 2.75) is 19.5 Å². The van der Waals surface area contributed by atoms with E-state index in [0.717, 1.165) is 14.9 Å². The number of nitrogens with one attached hydrogen (secondary N) is 1. The Balaban J connectivity index is 2.18. The molecule has 0 saturated carbocycles. The lowest BCUT2D eigenvalue weighted by Gasteiger charge is -2.18. The Kier molecular flexibility index (Phi) is 6.23. The van der Waals surface area contributed by atoms with Crippen molar-refractivity contribution in [3.63, 3.8) is 0 Å². The third-order valence-corrected chi connectivity index (χ3v) is 4.97. The molecule has 1 heterocycles. The van der Waals surface area contributed by atoms with Gasteiger partial charge >= 0.3 is 5.97 Å². The van der Waals surface area contributed by atoms with Crippen LogP contribution in [0.25, 0.3) is 0 Å². The molecule has 1 aromatic heterocycles. The van der Waals surface area contributed by atoms with Crippen LogP contribution in [0.4, 0.5) is 0 Å². The van der Waals surface area contributed by atoms with Crippen LogP contribution < -0.4 is 5.32 Å². The summed E-state index contributed by atoms with van der Waals surface area (Å²) in [4.78, 5) is 13.3. The number of hydrogen-bond donors (Lipinski definition) is 1. The number of carbonyl (C=O) groups is 1. The van der Waals surface area contributed by atoms with Crippen LogP contribution in [0.2, 0.25) is 5.02 Å². The average molecular weight is 389 g/mol. The maximum absolute atomic E-state index is 12.2. The first-order valence-electron chi connectivity index (χ1n) is 6.49. The van der Waals surface area contributed by atoms with Gasteiger partial charge in [-0.15, -0.1) is 11.3 Å². The highest BCUT2D eigenvalue weighted by molar-refractivity contribution is 9.10. The van der Waals surface area contributed by atoms with E-state index in [0.29, 0.717) is 18.2 Å². The lowest BCUT2D eigenvalue weighted by Crippen LogP contribution is -2.29. The molecule has 3 nitrogen and oxygen atoms in total. The molecular weight excluding hydrogens is 374 g/mol. The minimum absolute atomic E-state index is 0.299. The summed E-state index contributed by atoms with van der Waals surface area (Å²) in [7, 11) is 0. The number of halogens is 2. The minimum atomic E-state index is -0.530. The summed E-state index contributed by atoms with van der Waals surface area (Å²) in [6, 6.07) is 8.94. The molecule has 0 aliphatic heterocycles.